The van der Waals surface area contributed by atoms with E-state index in [0.29, 0.717) is 23.3 Å². The molecule has 0 bridgehead atoms. The van der Waals surface area contributed by atoms with Crippen molar-refractivity contribution in [1.29, 1.82) is 0 Å². The molecule has 7 heteroatoms. The highest BCUT2D eigenvalue weighted by Gasteiger charge is 2.20. The zero-order valence-electron chi connectivity index (χ0n) is 13.1. The van der Waals surface area contributed by atoms with Gasteiger partial charge in [0, 0.05) is 17.5 Å². The lowest BCUT2D eigenvalue weighted by atomic mass is 9.96. The second-order valence-corrected chi connectivity index (χ2v) is 6.16. The molecule has 114 valence electrons. The molecule has 0 spiro atoms. The second-order valence-electron chi connectivity index (χ2n) is 6.16. The van der Waals surface area contributed by atoms with E-state index in [2.05, 4.69) is 34.3 Å². The van der Waals surface area contributed by atoms with Crippen LogP contribution in [0.3, 0.4) is 0 Å². The Morgan fingerprint density at radius 3 is 2.52 bits per heavy atom. The van der Waals surface area contributed by atoms with E-state index in [-0.39, 0.29) is 11.5 Å². The van der Waals surface area contributed by atoms with Crippen molar-refractivity contribution in [2.45, 2.75) is 46.1 Å². The average molecular weight is 290 g/mol. The van der Waals surface area contributed by atoms with Crippen LogP contribution in [0.1, 0.15) is 46.5 Å². The number of ether oxygens (including phenoxy) is 1. The number of nitrogens with one attached hydrogen (secondary N) is 1. The zero-order valence-corrected chi connectivity index (χ0v) is 13.1. The van der Waals surface area contributed by atoms with Gasteiger partial charge in [0.05, 0.1) is 12.4 Å². The molecule has 2 heterocycles. The molecule has 0 unspecified atom stereocenters. The molecule has 7 nitrogen and oxygen atoms in total. The molecule has 0 aliphatic rings. The van der Waals surface area contributed by atoms with Crippen LogP contribution in [0.15, 0.2) is 18.5 Å². The van der Waals surface area contributed by atoms with E-state index in [1.807, 2.05) is 31.6 Å². The Hall–Kier alpha value is -2.15. The van der Waals surface area contributed by atoms with Gasteiger partial charge in [-0.1, -0.05) is 20.8 Å². The van der Waals surface area contributed by atoms with Crippen LogP contribution in [0.4, 0.5) is 5.82 Å². The topological polar surface area (TPSA) is 90.9 Å². The number of nitrogens with two attached hydrogens (primary N) is 1. The molecule has 0 atom stereocenters. The van der Waals surface area contributed by atoms with Gasteiger partial charge in [0.25, 0.3) is 0 Å². The fourth-order valence-corrected chi connectivity index (χ4v) is 1.66. The molecule has 0 aromatic carbocycles. The standard InChI is InChI=1S/C14H22N6O/c1-9(2)20-8-10(7-16-20)21-12-6-11(19-15)17-13(18-12)14(3,4)5/h6-9H,15H2,1-5H3,(H,17,18,19). The van der Waals surface area contributed by atoms with Gasteiger partial charge in [-0.05, 0) is 13.8 Å². The summed E-state index contributed by atoms with van der Waals surface area (Å²) in [5, 5.41) is 4.23. The van der Waals surface area contributed by atoms with E-state index in [4.69, 9.17) is 10.6 Å². The van der Waals surface area contributed by atoms with Crippen molar-refractivity contribution in [3.05, 3.63) is 24.3 Å². The van der Waals surface area contributed by atoms with Gasteiger partial charge in [-0.25, -0.2) is 10.8 Å². The summed E-state index contributed by atoms with van der Waals surface area (Å²) in [6.07, 6.45) is 3.49. The first-order valence-corrected chi connectivity index (χ1v) is 6.88. The Morgan fingerprint density at radius 2 is 2.00 bits per heavy atom. The number of rotatable bonds is 4. The van der Waals surface area contributed by atoms with Crippen molar-refractivity contribution >= 4 is 5.82 Å². The third-order valence-corrected chi connectivity index (χ3v) is 2.85. The maximum atomic E-state index is 5.76. The highest BCUT2D eigenvalue weighted by atomic mass is 16.5. The van der Waals surface area contributed by atoms with Crippen LogP contribution in [0, 0.1) is 0 Å². The third kappa shape index (κ3) is 3.69. The van der Waals surface area contributed by atoms with Crippen molar-refractivity contribution in [2.75, 3.05) is 5.43 Å². The zero-order chi connectivity index (χ0) is 15.6. The number of nitrogen functional groups attached to an aromatic ring is 1. The lowest BCUT2D eigenvalue weighted by Crippen LogP contribution is -2.19. The maximum absolute atomic E-state index is 5.76. The van der Waals surface area contributed by atoms with Crippen molar-refractivity contribution in [2.24, 2.45) is 5.84 Å². The first-order valence-electron chi connectivity index (χ1n) is 6.88. The Balaban J connectivity index is 2.30. The summed E-state index contributed by atoms with van der Waals surface area (Å²) in [7, 11) is 0. The maximum Gasteiger partial charge on any atom is 0.224 e. The summed E-state index contributed by atoms with van der Waals surface area (Å²) >= 11 is 0. The largest absolute Gasteiger partial charge is 0.436 e. The molecule has 0 saturated carbocycles. The summed E-state index contributed by atoms with van der Waals surface area (Å²) in [5.74, 6) is 7.69. The van der Waals surface area contributed by atoms with Crippen LogP contribution in [-0.2, 0) is 5.41 Å². The predicted octanol–water partition coefficient (Wildman–Crippen LogP) is 2.63. The lowest BCUT2D eigenvalue weighted by Gasteiger charge is -2.18. The van der Waals surface area contributed by atoms with Crippen LogP contribution < -0.4 is 16.0 Å². The van der Waals surface area contributed by atoms with Gasteiger partial charge < -0.3 is 10.2 Å². The quantitative estimate of drug-likeness (QED) is 0.664. The Labute approximate surface area is 124 Å². The van der Waals surface area contributed by atoms with Gasteiger partial charge in [0.2, 0.25) is 5.88 Å². The molecule has 2 rings (SSSR count). The van der Waals surface area contributed by atoms with Gasteiger partial charge in [0.1, 0.15) is 11.6 Å². The van der Waals surface area contributed by atoms with E-state index in [1.54, 1.807) is 12.3 Å². The summed E-state index contributed by atoms with van der Waals surface area (Å²) in [6, 6.07) is 1.93. The minimum Gasteiger partial charge on any atom is -0.436 e. The lowest BCUT2D eigenvalue weighted by molar-refractivity contribution is 0.444. The third-order valence-electron chi connectivity index (χ3n) is 2.85. The molecular formula is C14H22N6O. The predicted molar refractivity (Wildman–Crippen MR) is 81.2 cm³/mol. The summed E-state index contributed by atoms with van der Waals surface area (Å²) in [4.78, 5) is 8.79. The van der Waals surface area contributed by atoms with Crippen molar-refractivity contribution in [3.8, 4) is 11.6 Å². The van der Waals surface area contributed by atoms with Crippen LogP contribution in [0.25, 0.3) is 0 Å². The van der Waals surface area contributed by atoms with Gasteiger partial charge >= 0.3 is 0 Å². The molecule has 2 aromatic rings. The number of hydrogen-bond acceptors (Lipinski definition) is 6. The number of anilines is 1. The minimum atomic E-state index is -0.201. The van der Waals surface area contributed by atoms with E-state index in [9.17, 15) is 0 Å². The van der Waals surface area contributed by atoms with Gasteiger partial charge in [-0.3, -0.25) is 4.68 Å². The molecule has 3 N–H and O–H groups in total. The second kappa shape index (κ2) is 5.69. The SMILES string of the molecule is CC(C)n1cc(Oc2cc(NN)nc(C(C)(C)C)n2)cn1. The molecule has 0 aliphatic carbocycles. The van der Waals surface area contributed by atoms with Crippen LogP contribution >= 0.6 is 0 Å². The highest BCUT2D eigenvalue weighted by Crippen LogP contribution is 2.26. The van der Waals surface area contributed by atoms with Crippen LogP contribution in [-0.4, -0.2) is 19.7 Å². The molecule has 0 saturated heterocycles. The Morgan fingerprint density at radius 1 is 1.29 bits per heavy atom. The summed E-state index contributed by atoms with van der Waals surface area (Å²) < 4.78 is 7.58. The van der Waals surface area contributed by atoms with E-state index in [1.165, 1.54) is 0 Å². The molecule has 0 aliphatic heterocycles. The first-order chi connectivity index (χ1) is 9.79. The van der Waals surface area contributed by atoms with E-state index < -0.39 is 0 Å². The van der Waals surface area contributed by atoms with Crippen molar-refractivity contribution in [3.63, 3.8) is 0 Å². The van der Waals surface area contributed by atoms with E-state index >= 15 is 0 Å². The van der Waals surface area contributed by atoms with Gasteiger partial charge in [-0.2, -0.15) is 10.1 Å². The number of hydrazine groups is 1. The first kappa shape index (κ1) is 15.2. The average Bonchev–Trinajstić information content (AvgIpc) is 2.86. The molecule has 0 amide bonds. The van der Waals surface area contributed by atoms with Crippen molar-refractivity contribution in [1.82, 2.24) is 19.7 Å². The normalized spacial score (nSPS) is 11.8. The highest BCUT2D eigenvalue weighted by molar-refractivity contribution is 5.39. The molecule has 2 aromatic heterocycles. The van der Waals surface area contributed by atoms with Gasteiger partial charge in [-0.15, -0.1) is 0 Å². The fourth-order valence-electron chi connectivity index (χ4n) is 1.66. The smallest absolute Gasteiger partial charge is 0.224 e. The number of nitrogens with zero attached hydrogens (tertiary/aromatic N) is 4. The van der Waals surface area contributed by atoms with Crippen LogP contribution in [0.5, 0.6) is 11.6 Å². The number of hydrogen-bond donors (Lipinski definition) is 2. The van der Waals surface area contributed by atoms with Crippen molar-refractivity contribution < 1.29 is 4.74 Å². The summed E-state index contributed by atoms with van der Waals surface area (Å²) in [6.45, 7) is 10.2. The monoisotopic (exact) mass is 290 g/mol. The Kier molecular flexibility index (Phi) is 4.13. The number of aromatic nitrogens is 4. The van der Waals surface area contributed by atoms with E-state index in [0.717, 1.165) is 0 Å². The molecular weight excluding hydrogens is 268 g/mol. The molecule has 0 fully saturated rings. The Bertz CT molecular complexity index is 614. The summed E-state index contributed by atoms with van der Waals surface area (Å²) in [5.41, 5.74) is 2.34. The molecule has 0 radical (unpaired) electrons. The van der Waals surface area contributed by atoms with Gasteiger partial charge in [0.15, 0.2) is 5.75 Å². The fraction of sp³-hybridized carbons (Fsp3) is 0.500. The molecule has 21 heavy (non-hydrogen) atoms. The minimum absolute atomic E-state index is 0.201. The van der Waals surface area contributed by atoms with Crippen LogP contribution in [0.2, 0.25) is 0 Å².